The summed E-state index contributed by atoms with van der Waals surface area (Å²) < 4.78 is 0. The highest BCUT2D eigenvalue weighted by Crippen LogP contribution is 2.19. The van der Waals surface area contributed by atoms with Crippen LogP contribution in [0.15, 0.2) is 24.3 Å². The highest BCUT2D eigenvalue weighted by molar-refractivity contribution is 5.83. The van der Waals surface area contributed by atoms with E-state index in [1.165, 1.54) is 0 Å². The molecule has 0 radical (unpaired) electrons. The summed E-state index contributed by atoms with van der Waals surface area (Å²) in [6.45, 7) is 2.31. The number of carbonyl (C=O) groups excluding carboxylic acids is 2. The molecule has 1 unspecified atom stereocenters. The number of carbonyl (C=O) groups is 2. The number of amides is 2. The molecular weight excluding hydrogens is 268 g/mol. The lowest BCUT2D eigenvalue weighted by Gasteiger charge is -2.27. The molecule has 1 aromatic carbocycles. The summed E-state index contributed by atoms with van der Waals surface area (Å²) in [5.41, 5.74) is 12.6. The van der Waals surface area contributed by atoms with Crippen LogP contribution in [0.3, 0.4) is 0 Å². The predicted molar refractivity (Wildman–Crippen MR) is 81.1 cm³/mol. The van der Waals surface area contributed by atoms with Crippen LogP contribution in [0.4, 0.5) is 5.69 Å². The molecule has 2 rings (SSSR count). The summed E-state index contributed by atoms with van der Waals surface area (Å²) >= 11 is 0. The first-order valence-electron chi connectivity index (χ1n) is 7.13. The van der Waals surface area contributed by atoms with Gasteiger partial charge in [-0.2, -0.15) is 0 Å². The number of anilines is 1. The lowest BCUT2D eigenvalue weighted by Crippen LogP contribution is -2.48. The van der Waals surface area contributed by atoms with Gasteiger partial charge in [-0.1, -0.05) is 12.1 Å². The smallest absolute Gasteiger partial charge is 0.237 e. The topological polar surface area (TPSA) is 101 Å². The third-order valence-corrected chi connectivity index (χ3v) is 3.58. The van der Waals surface area contributed by atoms with E-state index in [0.717, 1.165) is 18.4 Å². The second kappa shape index (κ2) is 6.58. The molecule has 0 aromatic heterocycles. The molecule has 0 aliphatic heterocycles. The molecule has 1 atom stereocenters. The average Bonchev–Trinajstić information content (AvgIpc) is 3.23. The van der Waals surface area contributed by atoms with Crippen LogP contribution in [0.25, 0.3) is 0 Å². The SMILES string of the molecule is CC(C(=O)NC1CC1)N(CC(N)=O)Cc1ccc(N)cc1. The van der Waals surface area contributed by atoms with Gasteiger partial charge in [0, 0.05) is 18.3 Å². The highest BCUT2D eigenvalue weighted by Gasteiger charge is 2.28. The van der Waals surface area contributed by atoms with Crippen LogP contribution in [0, 0.1) is 0 Å². The van der Waals surface area contributed by atoms with Crippen molar-refractivity contribution >= 4 is 17.5 Å². The lowest BCUT2D eigenvalue weighted by atomic mass is 10.1. The molecule has 2 amide bonds. The maximum Gasteiger partial charge on any atom is 0.237 e. The Morgan fingerprint density at radius 3 is 2.48 bits per heavy atom. The maximum absolute atomic E-state index is 12.1. The van der Waals surface area contributed by atoms with Gasteiger partial charge < -0.3 is 16.8 Å². The second-order valence-corrected chi connectivity index (χ2v) is 5.57. The molecule has 1 fully saturated rings. The van der Waals surface area contributed by atoms with E-state index in [9.17, 15) is 9.59 Å². The third kappa shape index (κ3) is 4.75. The van der Waals surface area contributed by atoms with E-state index in [4.69, 9.17) is 11.5 Å². The zero-order valence-electron chi connectivity index (χ0n) is 12.2. The normalized spacial score (nSPS) is 15.7. The lowest BCUT2D eigenvalue weighted by molar-refractivity contribution is -0.128. The number of hydrogen-bond acceptors (Lipinski definition) is 4. The molecule has 0 bridgehead atoms. The van der Waals surface area contributed by atoms with Crippen LogP contribution in [-0.2, 0) is 16.1 Å². The summed E-state index contributed by atoms with van der Waals surface area (Å²) in [4.78, 5) is 25.1. The number of hydrogen-bond donors (Lipinski definition) is 3. The number of benzene rings is 1. The van der Waals surface area contributed by atoms with Crippen molar-refractivity contribution < 1.29 is 9.59 Å². The Kier molecular flexibility index (Phi) is 4.80. The second-order valence-electron chi connectivity index (χ2n) is 5.57. The minimum absolute atomic E-state index is 0.0453. The van der Waals surface area contributed by atoms with E-state index in [-0.39, 0.29) is 12.5 Å². The summed E-state index contributed by atoms with van der Waals surface area (Å²) in [6, 6.07) is 7.26. The van der Waals surface area contributed by atoms with Crippen molar-refractivity contribution in [2.75, 3.05) is 12.3 Å². The van der Waals surface area contributed by atoms with Crippen molar-refractivity contribution in [3.8, 4) is 0 Å². The quantitative estimate of drug-likeness (QED) is 0.625. The molecule has 0 spiro atoms. The van der Waals surface area contributed by atoms with Crippen LogP contribution in [0.5, 0.6) is 0 Å². The Bertz CT molecular complexity index is 511. The minimum Gasteiger partial charge on any atom is -0.399 e. The number of primary amides is 1. The fourth-order valence-electron chi connectivity index (χ4n) is 2.10. The predicted octanol–water partition coefficient (Wildman–Crippen LogP) is 0.223. The molecule has 6 heteroatoms. The number of nitrogens with zero attached hydrogens (tertiary/aromatic N) is 1. The minimum atomic E-state index is -0.448. The summed E-state index contributed by atoms with van der Waals surface area (Å²) in [7, 11) is 0. The zero-order chi connectivity index (χ0) is 15.4. The maximum atomic E-state index is 12.1. The van der Waals surface area contributed by atoms with Crippen molar-refractivity contribution in [1.82, 2.24) is 10.2 Å². The highest BCUT2D eigenvalue weighted by atomic mass is 16.2. The van der Waals surface area contributed by atoms with Gasteiger partial charge in [-0.05, 0) is 37.5 Å². The Morgan fingerprint density at radius 2 is 1.95 bits per heavy atom. The monoisotopic (exact) mass is 290 g/mol. The van der Waals surface area contributed by atoms with Crippen LogP contribution in [0.2, 0.25) is 0 Å². The van der Waals surface area contributed by atoms with E-state index in [1.807, 2.05) is 12.1 Å². The van der Waals surface area contributed by atoms with E-state index in [2.05, 4.69) is 5.32 Å². The van der Waals surface area contributed by atoms with Crippen molar-refractivity contribution in [1.29, 1.82) is 0 Å². The molecule has 1 saturated carbocycles. The number of nitrogens with one attached hydrogen (secondary N) is 1. The number of rotatable bonds is 7. The van der Waals surface area contributed by atoms with Gasteiger partial charge in [0.2, 0.25) is 11.8 Å². The van der Waals surface area contributed by atoms with Crippen LogP contribution in [0.1, 0.15) is 25.3 Å². The summed E-state index contributed by atoms with van der Waals surface area (Å²) in [6.07, 6.45) is 2.07. The largest absolute Gasteiger partial charge is 0.399 e. The van der Waals surface area contributed by atoms with Crippen molar-refractivity contribution in [3.05, 3.63) is 29.8 Å². The Morgan fingerprint density at radius 1 is 1.33 bits per heavy atom. The standard InChI is InChI=1S/C15H22N4O2/c1-10(15(21)18-13-6-7-13)19(9-14(17)20)8-11-2-4-12(16)5-3-11/h2-5,10,13H,6-9,16H2,1H3,(H2,17,20)(H,18,21). The van der Waals surface area contributed by atoms with Crippen molar-refractivity contribution in [2.24, 2.45) is 5.73 Å². The first-order chi connectivity index (χ1) is 9.95. The van der Waals surface area contributed by atoms with E-state index in [0.29, 0.717) is 18.3 Å². The van der Waals surface area contributed by atoms with Gasteiger partial charge in [0.15, 0.2) is 0 Å². The Labute approximate surface area is 124 Å². The van der Waals surface area contributed by atoms with Gasteiger partial charge in [-0.15, -0.1) is 0 Å². The van der Waals surface area contributed by atoms with Gasteiger partial charge in [0.05, 0.1) is 12.6 Å². The Hall–Kier alpha value is -2.08. The molecule has 0 saturated heterocycles. The molecule has 1 aliphatic rings. The molecule has 0 heterocycles. The van der Waals surface area contributed by atoms with Crippen molar-refractivity contribution in [3.63, 3.8) is 0 Å². The van der Waals surface area contributed by atoms with E-state index in [1.54, 1.807) is 24.0 Å². The molecule has 1 aromatic rings. The van der Waals surface area contributed by atoms with Gasteiger partial charge >= 0.3 is 0 Å². The van der Waals surface area contributed by atoms with Gasteiger partial charge in [0.1, 0.15) is 0 Å². The van der Waals surface area contributed by atoms with Gasteiger partial charge in [0.25, 0.3) is 0 Å². The van der Waals surface area contributed by atoms with Gasteiger partial charge in [-0.25, -0.2) is 0 Å². The molecule has 114 valence electrons. The zero-order valence-corrected chi connectivity index (χ0v) is 12.2. The fraction of sp³-hybridized carbons (Fsp3) is 0.467. The molecule has 6 nitrogen and oxygen atoms in total. The Balaban J connectivity index is 2.03. The molecule has 5 N–H and O–H groups in total. The fourth-order valence-corrected chi connectivity index (χ4v) is 2.10. The number of nitrogen functional groups attached to an aromatic ring is 1. The van der Waals surface area contributed by atoms with E-state index < -0.39 is 11.9 Å². The summed E-state index contributed by atoms with van der Waals surface area (Å²) in [5.74, 6) is -0.509. The molecule has 1 aliphatic carbocycles. The van der Waals surface area contributed by atoms with E-state index >= 15 is 0 Å². The number of nitrogens with two attached hydrogens (primary N) is 2. The molecular formula is C15H22N4O2. The summed E-state index contributed by atoms with van der Waals surface area (Å²) in [5, 5.41) is 2.95. The molecule has 21 heavy (non-hydrogen) atoms. The first-order valence-corrected chi connectivity index (χ1v) is 7.13. The van der Waals surface area contributed by atoms with Crippen molar-refractivity contribution in [2.45, 2.75) is 38.4 Å². The van der Waals surface area contributed by atoms with Gasteiger partial charge in [-0.3, -0.25) is 14.5 Å². The van der Waals surface area contributed by atoms with Crippen LogP contribution in [-0.4, -0.2) is 35.3 Å². The van der Waals surface area contributed by atoms with Crippen LogP contribution >= 0.6 is 0 Å². The van der Waals surface area contributed by atoms with Crippen LogP contribution < -0.4 is 16.8 Å². The third-order valence-electron chi connectivity index (χ3n) is 3.58. The first kappa shape index (κ1) is 15.3. The average molecular weight is 290 g/mol.